The average Bonchev–Trinajstić information content (AvgIpc) is 2.98. The van der Waals surface area contributed by atoms with Crippen molar-refractivity contribution in [2.45, 2.75) is 20.3 Å². The number of nitrogens with zero attached hydrogens (tertiary/aromatic N) is 1. The van der Waals surface area contributed by atoms with Crippen LogP contribution in [0.2, 0.25) is 0 Å². The molecule has 0 aliphatic rings. The second-order valence-corrected chi connectivity index (χ2v) is 7.57. The van der Waals surface area contributed by atoms with Crippen LogP contribution >= 0.6 is 23.6 Å². The molecule has 3 aromatic rings. The van der Waals surface area contributed by atoms with Crippen LogP contribution in [0.5, 0.6) is 0 Å². The minimum absolute atomic E-state index is 0.0787. The average molecular weight is 370 g/mol. The molecule has 3 rings (SSSR count). The van der Waals surface area contributed by atoms with Crippen molar-refractivity contribution >= 4 is 50.5 Å². The van der Waals surface area contributed by atoms with Gasteiger partial charge in [-0.05, 0) is 42.4 Å². The second kappa shape index (κ2) is 7.72. The molecule has 0 bridgehead atoms. The number of para-hydroxylation sites is 2. The fourth-order valence-electron chi connectivity index (χ4n) is 2.47. The van der Waals surface area contributed by atoms with E-state index in [4.69, 9.17) is 17.2 Å². The Morgan fingerprint density at radius 2 is 1.88 bits per heavy atom. The van der Waals surface area contributed by atoms with Gasteiger partial charge in [0, 0.05) is 12.0 Å². The third kappa shape index (κ3) is 4.41. The lowest BCUT2D eigenvalue weighted by molar-refractivity contribution is -0.120. The fourth-order valence-corrected chi connectivity index (χ4v) is 3.70. The van der Waals surface area contributed by atoms with Gasteiger partial charge in [-0.25, -0.2) is 4.98 Å². The second-order valence-electron chi connectivity index (χ2n) is 6.13. The Bertz CT molecular complexity index is 885. The van der Waals surface area contributed by atoms with Crippen LogP contribution in [0.25, 0.3) is 20.8 Å². The van der Waals surface area contributed by atoms with E-state index in [0.717, 1.165) is 26.5 Å². The quantitative estimate of drug-likeness (QED) is 0.647. The van der Waals surface area contributed by atoms with Gasteiger partial charge in [0.15, 0.2) is 5.11 Å². The smallest absolute Gasteiger partial charge is 0.226 e. The normalized spacial score (nSPS) is 10.8. The van der Waals surface area contributed by atoms with Gasteiger partial charge in [0.1, 0.15) is 5.01 Å². The maximum absolute atomic E-state index is 11.9. The molecule has 6 heteroatoms. The highest BCUT2D eigenvalue weighted by molar-refractivity contribution is 7.80. The molecule has 2 N–H and O–H groups in total. The standard InChI is InChI=1S/C19H19N3OS2/c1-12(2)11-17(23)22-19(24)21-14-8-4-3-7-13(14)18-20-15-9-5-6-10-16(15)25-18/h3-10,12H,11H2,1-2H3,(H2,21,22,23,24). The first kappa shape index (κ1) is 17.5. The van der Waals surface area contributed by atoms with Crippen LogP contribution in [0.3, 0.4) is 0 Å². The summed E-state index contributed by atoms with van der Waals surface area (Å²) in [5.74, 6) is 0.211. The molecule has 1 amide bonds. The molecule has 1 aromatic heterocycles. The third-order valence-corrected chi connectivity index (χ3v) is 4.82. The molecule has 0 saturated heterocycles. The van der Waals surface area contributed by atoms with Crippen molar-refractivity contribution in [3.63, 3.8) is 0 Å². The first-order valence-corrected chi connectivity index (χ1v) is 9.31. The van der Waals surface area contributed by atoms with E-state index in [-0.39, 0.29) is 11.8 Å². The van der Waals surface area contributed by atoms with Gasteiger partial charge < -0.3 is 10.6 Å². The molecule has 0 spiro atoms. The first-order valence-electron chi connectivity index (χ1n) is 8.08. The zero-order valence-corrected chi connectivity index (χ0v) is 15.7. The summed E-state index contributed by atoms with van der Waals surface area (Å²) in [5, 5.41) is 7.08. The fraction of sp³-hybridized carbons (Fsp3) is 0.211. The van der Waals surface area contributed by atoms with E-state index < -0.39 is 0 Å². The summed E-state index contributed by atoms with van der Waals surface area (Å²) in [4.78, 5) is 16.6. The van der Waals surface area contributed by atoms with Gasteiger partial charge in [-0.15, -0.1) is 11.3 Å². The Balaban J connectivity index is 1.81. The molecule has 4 nitrogen and oxygen atoms in total. The van der Waals surface area contributed by atoms with Crippen LogP contribution in [-0.2, 0) is 4.79 Å². The summed E-state index contributed by atoms with van der Waals surface area (Å²) in [6.45, 7) is 4.00. The Morgan fingerprint density at radius 1 is 1.16 bits per heavy atom. The SMILES string of the molecule is CC(C)CC(=O)NC(=S)Nc1ccccc1-c1nc2ccccc2s1. The molecule has 2 aromatic carbocycles. The topological polar surface area (TPSA) is 54.0 Å². The van der Waals surface area contributed by atoms with Crippen LogP contribution in [0.15, 0.2) is 48.5 Å². The molecule has 0 fully saturated rings. The lowest BCUT2D eigenvalue weighted by Gasteiger charge is -2.13. The minimum Gasteiger partial charge on any atom is -0.332 e. The number of hydrogen-bond donors (Lipinski definition) is 2. The number of benzene rings is 2. The predicted octanol–water partition coefficient (Wildman–Crippen LogP) is 4.82. The van der Waals surface area contributed by atoms with Gasteiger partial charge in [0.25, 0.3) is 0 Å². The van der Waals surface area contributed by atoms with Gasteiger partial charge in [0.2, 0.25) is 5.91 Å². The number of amides is 1. The lowest BCUT2D eigenvalue weighted by Crippen LogP contribution is -2.34. The van der Waals surface area contributed by atoms with Crippen molar-refractivity contribution in [3.8, 4) is 10.6 Å². The highest BCUT2D eigenvalue weighted by atomic mass is 32.1. The van der Waals surface area contributed by atoms with E-state index in [1.807, 2.05) is 56.3 Å². The zero-order valence-electron chi connectivity index (χ0n) is 14.1. The molecule has 0 aliphatic carbocycles. The Hall–Kier alpha value is -2.31. The van der Waals surface area contributed by atoms with E-state index in [0.29, 0.717) is 11.5 Å². The summed E-state index contributed by atoms with van der Waals surface area (Å²) in [5.41, 5.74) is 2.77. The van der Waals surface area contributed by atoms with Crippen LogP contribution in [0.4, 0.5) is 5.69 Å². The molecule has 0 atom stereocenters. The van der Waals surface area contributed by atoms with E-state index in [1.54, 1.807) is 11.3 Å². The molecular formula is C19H19N3OS2. The highest BCUT2D eigenvalue weighted by Gasteiger charge is 2.12. The number of thiocarbonyl (C=S) groups is 1. The number of fused-ring (bicyclic) bond motifs is 1. The van der Waals surface area contributed by atoms with E-state index in [1.165, 1.54) is 0 Å². The molecule has 0 radical (unpaired) electrons. The van der Waals surface area contributed by atoms with Gasteiger partial charge in [0.05, 0.1) is 15.9 Å². The van der Waals surface area contributed by atoms with E-state index in [9.17, 15) is 4.79 Å². The number of aromatic nitrogens is 1. The Morgan fingerprint density at radius 3 is 2.64 bits per heavy atom. The van der Waals surface area contributed by atoms with Crippen molar-refractivity contribution in [3.05, 3.63) is 48.5 Å². The number of hydrogen-bond acceptors (Lipinski definition) is 4. The molecule has 0 saturated carbocycles. The summed E-state index contributed by atoms with van der Waals surface area (Å²) in [7, 11) is 0. The number of nitrogens with one attached hydrogen (secondary N) is 2. The maximum atomic E-state index is 11.9. The van der Waals surface area contributed by atoms with E-state index in [2.05, 4.69) is 16.7 Å². The molecular weight excluding hydrogens is 350 g/mol. The summed E-state index contributed by atoms with van der Waals surface area (Å²) in [6.07, 6.45) is 0.446. The maximum Gasteiger partial charge on any atom is 0.226 e. The molecule has 0 aliphatic heterocycles. The number of carbonyl (C=O) groups is 1. The van der Waals surface area contributed by atoms with Crippen molar-refractivity contribution in [2.24, 2.45) is 5.92 Å². The molecule has 0 unspecified atom stereocenters. The third-order valence-electron chi connectivity index (χ3n) is 3.55. The van der Waals surface area contributed by atoms with Crippen molar-refractivity contribution in [1.29, 1.82) is 0 Å². The van der Waals surface area contributed by atoms with Gasteiger partial charge in [-0.3, -0.25) is 4.79 Å². The monoisotopic (exact) mass is 369 g/mol. The van der Waals surface area contributed by atoms with Crippen molar-refractivity contribution in [1.82, 2.24) is 10.3 Å². The summed E-state index contributed by atoms with van der Waals surface area (Å²) < 4.78 is 1.14. The molecule has 1 heterocycles. The minimum atomic E-state index is -0.0787. The van der Waals surface area contributed by atoms with Gasteiger partial charge in [-0.2, -0.15) is 0 Å². The first-order chi connectivity index (χ1) is 12.0. The van der Waals surface area contributed by atoms with Crippen molar-refractivity contribution in [2.75, 3.05) is 5.32 Å². The molecule has 128 valence electrons. The zero-order chi connectivity index (χ0) is 17.8. The highest BCUT2D eigenvalue weighted by Crippen LogP contribution is 2.34. The number of rotatable bonds is 4. The van der Waals surface area contributed by atoms with Crippen LogP contribution in [-0.4, -0.2) is 16.0 Å². The number of carbonyl (C=O) groups excluding carboxylic acids is 1. The van der Waals surface area contributed by atoms with Gasteiger partial charge in [-0.1, -0.05) is 38.1 Å². The Kier molecular flexibility index (Phi) is 5.40. The van der Waals surface area contributed by atoms with Gasteiger partial charge >= 0.3 is 0 Å². The lowest BCUT2D eigenvalue weighted by atomic mass is 10.1. The number of anilines is 1. The van der Waals surface area contributed by atoms with Crippen LogP contribution < -0.4 is 10.6 Å². The Labute approximate surface area is 156 Å². The van der Waals surface area contributed by atoms with Crippen LogP contribution in [0.1, 0.15) is 20.3 Å². The number of thiazole rings is 1. The van der Waals surface area contributed by atoms with Crippen LogP contribution in [0, 0.1) is 5.92 Å². The summed E-state index contributed by atoms with van der Waals surface area (Å²) in [6, 6.07) is 15.9. The largest absolute Gasteiger partial charge is 0.332 e. The predicted molar refractivity (Wildman–Crippen MR) is 109 cm³/mol. The molecule has 25 heavy (non-hydrogen) atoms. The van der Waals surface area contributed by atoms with Crippen molar-refractivity contribution < 1.29 is 4.79 Å². The summed E-state index contributed by atoms with van der Waals surface area (Å²) >= 11 is 6.91. The van der Waals surface area contributed by atoms with E-state index >= 15 is 0 Å².